The van der Waals surface area contributed by atoms with Crippen LogP contribution >= 0.6 is 24.0 Å². The Bertz CT molecular complexity index is 537. The molecule has 1 aromatic rings. The molecule has 0 amide bonds. The molecule has 0 radical (unpaired) electrons. The summed E-state index contributed by atoms with van der Waals surface area (Å²) in [6.45, 7) is 5.81. The number of hydrogen-bond donors (Lipinski definition) is 2. The fourth-order valence-electron chi connectivity index (χ4n) is 2.76. The maximum absolute atomic E-state index is 5.34. The molecule has 1 aliphatic carbocycles. The van der Waals surface area contributed by atoms with Crippen LogP contribution in [0.1, 0.15) is 38.7 Å². The van der Waals surface area contributed by atoms with Crippen LogP contribution in [0, 0.1) is 5.92 Å². The first-order chi connectivity index (χ1) is 11.2. The minimum absolute atomic E-state index is 0. The molecule has 2 atom stereocenters. The third kappa shape index (κ3) is 6.03. The van der Waals surface area contributed by atoms with Gasteiger partial charge in [0.25, 0.3) is 0 Å². The summed E-state index contributed by atoms with van der Waals surface area (Å²) < 4.78 is 10.6. The summed E-state index contributed by atoms with van der Waals surface area (Å²) >= 11 is 0. The van der Waals surface area contributed by atoms with E-state index in [0.29, 0.717) is 12.6 Å². The molecular weight excluding hydrogens is 417 g/mol. The van der Waals surface area contributed by atoms with Gasteiger partial charge in [-0.1, -0.05) is 19.4 Å². The fourth-order valence-corrected chi connectivity index (χ4v) is 2.76. The molecule has 6 heteroatoms. The lowest BCUT2D eigenvalue weighted by atomic mass is 10.2. The van der Waals surface area contributed by atoms with Crippen LogP contribution < -0.4 is 20.1 Å². The lowest BCUT2D eigenvalue weighted by Crippen LogP contribution is -2.39. The quantitative estimate of drug-likeness (QED) is 0.364. The highest BCUT2D eigenvalue weighted by Gasteiger charge is 2.36. The predicted molar refractivity (Wildman–Crippen MR) is 110 cm³/mol. The highest BCUT2D eigenvalue weighted by Crippen LogP contribution is 2.34. The molecule has 1 fully saturated rings. The number of methoxy groups -OCH3 is 2. The van der Waals surface area contributed by atoms with Gasteiger partial charge in [0, 0.05) is 12.6 Å². The Morgan fingerprint density at radius 1 is 1.21 bits per heavy atom. The Morgan fingerprint density at radius 3 is 2.58 bits per heavy atom. The van der Waals surface area contributed by atoms with Crippen LogP contribution in [0.3, 0.4) is 0 Å². The first-order valence-corrected chi connectivity index (χ1v) is 8.47. The van der Waals surface area contributed by atoms with Crippen molar-refractivity contribution in [2.75, 3.05) is 20.8 Å². The molecule has 0 saturated heterocycles. The number of halogens is 1. The van der Waals surface area contributed by atoms with Crippen LogP contribution in [0.5, 0.6) is 11.5 Å². The normalized spacial score (nSPS) is 19.2. The van der Waals surface area contributed by atoms with Crippen molar-refractivity contribution in [2.45, 2.75) is 45.7 Å². The highest BCUT2D eigenvalue weighted by atomic mass is 127. The molecule has 1 saturated carbocycles. The zero-order valence-corrected chi connectivity index (χ0v) is 17.4. The predicted octanol–water partition coefficient (Wildman–Crippen LogP) is 3.57. The first-order valence-electron chi connectivity index (χ1n) is 8.47. The van der Waals surface area contributed by atoms with Gasteiger partial charge in [-0.2, -0.15) is 0 Å². The lowest BCUT2D eigenvalue weighted by Gasteiger charge is -2.12. The summed E-state index contributed by atoms with van der Waals surface area (Å²) in [6.07, 6.45) is 3.81. The molecular formula is C18H30IN3O2. The molecule has 0 heterocycles. The molecule has 136 valence electrons. The van der Waals surface area contributed by atoms with Crippen molar-refractivity contribution in [1.82, 2.24) is 10.6 Å². The van der Waals surface area contributed by atoms with Crippen LogP contribution in [0.4, 0.5) is 0 Å². The van der Waals surface area contributed by atoms with Crippen LogP contribution in [-0.2, 0) is 6.54 Å². The number of benzene rings is 1. The average molecular weight is 447 g/mol. The average Bonchev–Trinajstić information content (AvgIpc) is 3.30. The van der Waals surface area contributed by atoms with Crippen LogP contribution in [0.25, 0.3) is 0 Å². The van der Waals surface area contributed by atoms with Crippen molar-refractivity contribution in [3.8, 4) is 11.5 Å². The first kappa shape index (κ1) is 20.9. The summed E-state index contributed by atoms with van der Waals surface area (Å²) in [5.74, 6) is 3.19. The minimum atomic E-state index is 0. The second kappa shape index (κ2) is 10.6. The Balaban J connectivity index is 0.00000288. The molecule has 2 rings (SSSR count). The second-order valence-corrected chi connectivity index (χ2v) is 5.92. The van der Waals surface area contributed by atoms with Gasteiger partial charge in [-0.15, -0.1) is 24.0 Å². The topological polar surface area (TPSA) is 54.9 Å². The number of aliphatic imine (C=N–C) groups is 1. The molecule has 5 nitrogen and oxygen atoms in total. The maximum Gasteiger partial charge on any atom is 0.191 e. The van der Waals surface area contributed by atoms with E-state index in [1.807, 2.05) is 18.2 Å². The van der Waals surface area contributed by atoms with Crippen molar-refractivity contribution in [1.29, 1.82) is 0 Å². The van der Waals surface area contributed by atoms with Gasteiger partial charge in [-0.05, 0) is 43.4 Å². The number of rotatable bonds is 8. The zero-order valence-electron chi connectivity index (χ0n) is 15.1. The fraction of sp³-hybridized carbons (Fsp3) is 0.611. The molecule has 0 aromatic heterocycles. The third-order valence-electron chi connectivity index (χ3n) is 4.12. The standard InChI is InChI=1S/C18H29N3O2.HI/c1-5-7-14-11-15(14)21-18(19-6-2)20-12-13-8-9-16(22-3)17(10-13)23-4;/h8-10,14-15H,5-7,11-12H2,1-4H3,(H2,19,20,21);1H. The Hall–Kier alpha value is -1.18. The molecule has 2 N–H and O–H groups in total. The molecule has 2 unspecified atom stereocenters. The van der Waals surface area contributed by atoms with Crippen molar-refractivity contribution in [3.63, 3.8) is 0 Å². The van der Waals surface area contributed by atoms with E-state index in [1.54, 1.807) is 14.2 Å². The molecule has 1 aromatic carbocycles. The molecule has 0 spiro atoms. The van der Waals surface area contributed by atoms with E-state index in [2.05, 4.69) is 29.5 Å². The summed E-state index contributed by atoms with van der Waals surface area (Å²) in [5.41, 5.74) is 1.10. The van der Waals surface area contributed by atoms with Gasteiger partial charge in [0.1, 0.15) is 0 Å². The van der Waals surface area contributed by atoms with Crippen LogP contribution in [-0.4, -0.2) is 32.8 Å². The summed E-state index contributed by atoms with van der Waals surface area (Å²) in [7, 11) is 3.29. The van der Waals surface area contributed by atoms with E-state index in [9.17, 15) is 0 Å². The number of guanidine groups is 1. The monoisotopic (exact) mass is 447 g/mol. The van der Waals surface area contributed by atoms with Gasteiger partial charge >= 0.3 is 0 Å². The van der Waals surface area contributed by atoms with Crippen LogP contribution in [0.2, 0.25) is 0 Å². The summed E-state index contributed by atoms with van der Waals surface area (Å²) in [6, 6.07) is 6.49. The molecule has 1 aliphatic rings. The number of ether oxygens (including phenoxy) is 2. The van der Waals surface area contributed by atoms with Crippen molar-refractivity contribution in [2.24, 2.45) is 10.9 Å². The third-order valence-corrected chi connectivity index (χ3v) is 4.12. The van der Waals surface area contributed by atoms with Gasteiger partial charge in [0.05, 0.1) is 20.8 Å². The van der Waals surface area contributed by atoms with E-state index in [1.165, 1.54) is 19.3 Å². The zero-order chi connectivity index (χ0) is 16.7. The number of hydrogen-bond acceptors (Lipinski definition) is 3. The van der Waals surface area contributed by atoms with Gasteiger partial charge < -0.3 is 20.1 Å². The second-order valence-electron chi connectivity index (χ2n) is 5.92. The maximum atomic E-state index is 5.34. The number of nitrogens with one attached hydrogen (secondary N) is 2. The Kier molecular flexibility index (Phi) is 9.25. The lowest BCUT2D eigenvalue weighted by molar-refractivity contribution is 0.354. The summed E-state index contributed by atoms with van der Waals surface area (Å²) in [4.78, 5) is 4.69. The number of nitrogens with zero attached hydrogens (tertiary/aromatic N) is 1. The van der Waals surface area contributed by atoms with Crippen LogP contribution in [0.15, 0.2) is 23.2 Å². The largest absolute Gasteiger partial charge is 0.493 e. The molecule has 0 bridgehead atoms. The molecule has 0 aliphatic heterocycles. The smallest absolute Gasteiger partial charge is 0.191 e. The van der Waals surface area contributed by atoms with E-state index in [-0.39, 0.29) is 24.0 Å². The van der Waals surface area contributed by atoms with E-state index in [0.717, 1.165) is 35.5 Å². The highest BCUT2D eigenvalue weighted by molar-refractivity contribution is 14.0. The van der Waals surface area contributed by atoms with Crippen molar-refractivity contribution >= 4 is 29.9 Å². The van der Waals surface area contributed by atoms with Gasteiger partial charge in [-0.3, -0.25) is 0 Å². The van der Waals surface area contributed by atoms with Gasteiger partial charge in [-0.25, -0.2) is 4.99 Å². The van der Waals surface area contributed by atoms with E-state index < -0.39 is 0 Å². The van der Waals surface area contributed by atoms with E-state index >= 15 is 0 Å². The van der Waals surface area contributed by atoms with Crippen molar-refractivity contribution in [3.05, 3.63) is 23.8 Å². The van der Waals surface area contributed by atoms with E-state index in [4.69, 9.17) is 9.47 Å². The van der Waals surface area contributed by atoms with Gasteiger partial charge in [0.15, 0.2) is 17.5 Å². The minimum Gasteiger partial charge on any atom is -0.493 e. The Morgan fingerprint density at radius 2 is 1.96 bits per heavy atom. The Labute approximate surface area is 162 Å². The van der Waals surface area contributed by atoms with Gasteiger partial charge in [0.2, 0.25) is 0 Å². The van der Waals surface area contributed by atoms with Crippen molar-refractivity contribution < 1.29 is 9.47 Å². The SMILES string of the molecule is CCCC1CC1NC(=NCc1ccc(OC)c(OC)c1)NCC.I. The summed E-state index contributed by atoms with van der Waals surface area (Å²) in [5, 5.41) is 6.85. The molecule has 24 heavy (non-hydrogen) atoms.